The number of carbonyl (C=O) groups is 1. The second-order valence-corrected chi connectivity index (χ2v) is 5.69. The monoisotopic (exact) mass is 354 g/mol. The van der Waals surface area contributed by atoms with Gasteiger partial charge in [-0.3, -0.25) is 10.1 Å². The summed E-state index contributed by atoms with van der Waals surface area (Å²) in [5, 5.41) is 22.5. The lowest BCUT2D eigenvalue weighted by Gasteiger charge is -2.06. The fourth-order valence-corrected chi connectivity index (χ4v) is 3.15. The highest BCUT2D eigenvalue weighted by Crippen LogP contribution is 2.39. The lowest BCUT2D eigenvalue weighted by atomic mass is 10.2. The van der Waals surface area contributed by atoms with Crippen molar-refractivity contribution in [1.82, 2.24) is 14.9 Å². The number of nitro benzene ring substituents is 1. The molecule has 0 saturated heterocycles. The van der Waals surface area contributed by atoms with Gasteiger partial charge in [0.15, 0.2) is 5.52 Å². The molecule has 8 nitrogen and oxygen atoms in total. The van der Waals surface area contributed by atoms with E-state index >= 15 is 0 Å². The van der Waals surface area contributed by atoms with Crippen molar-refractivity contribution in [2.45, 2.75) is 25.9 Å². The highest BCUT2D eigenvalue weighted by Gasteiger charge is 2.32. The Labute approximate surface area is 127 Å². The van der Waals surface area contributed by atoms with Crippen LogP contribution < -0.4 is 5.32 Å². The predicted octanol–water partition coefficient (Wildman–Crippen LogP) is 2.73. The average Bonchev–Trinajstić information content (AvgIpc) is 2.91. The molecule has 2 aromatic rings. The number of carboxylic acid groups (broad SMARTS) is 1. The number of amides is 1. The number of rotatable bonds is 2. The van der Waals surface area contributed by atoms with Gasteiger partial charge in [-0.15, -0.1) is 0 Å². The van der Waals surface area contributed by atoms with Gasteiger partial charge in [-0.1, -0.05) is 0 Å². The first-order valence-electron chi connectivity index (χ1n) is 6.23. The van der Waals surface area contributed by atoms with Crippen LogP contribution in [0.25, 0.3) is 11.0 Å². The Morgan fingerprint density at radius 1 is 1.67 bits per heavy atom. The van der Waals surface area contributed by atoms with E-state index in [2.05, 4.69) is 26.2 Å². The summed E-state index contributed by atoms with van der Waals surface area (Å²) in [4.78, 5) is 25.9. The summed E-state index contributed by atoms with van der Waals surface area (Å²) >= 11 is 3.23. The Balaban J connectivity index is 2.25. The van der Waals surface area contributed by atoms with Gasteiger partial charge >= 0.3 is 11.8 Å². The molecule has 0 spiro atoms. The van der Waals surface area contributed by atoms with Crippen LogP contribution in [0.4, 0.5) is 10.5 Å². The molecule has 21 heavy (non-hydrogen) atoms. The molecule has 1 amide bonds. The van der Waals surface area contributed by atoms with Gasteiger partial charge in [0.05, 0.1) is 16.5 Å². The molecule has 9 heteroatoms. The largest absolute Gasteiger partial charge is 0.465 e. The third-order valence-electron chi connectivity index (χ3n) is 3.60. The molecule has 1 aliphatic heterocycles. The van der Waals surface area contributed by atoms with Crippen molar-refractivity contribution >= 4 is 38.7 Å². The Bertz CT molecular complexity index is 785. The molecule has 1 aromatic carbocycles. The third-order valence-corrected chi connectivity index (χ3v) is 4.60. The first-order chi connectivity index (χ1) is 9.90. The maximum atomic E-state index is 11.3. The topological polar surface area (TPSA) is 110 Å². The van der Waals surface area contributed by atoms with Crippen LogP contribution >= 0.6 is 15.9 Å². The van der Waals surface area contributed by atoms with Crippen molar-refractivity contribution in [3.8, 4) is 0 Å². The number of nitrogens with one attached hydrogen (secondary N) is 1. The molecule has 0 bridgehead atoms. The van der Waals surface area contributed by atoms with Gasteiger partial charge in [-0.2, -0.15) is 0 Å². The van der Waals surface area contributed by atoms with Gasteiger partial charge in [0, 0.05) is 6.54 Å². The molecular weight excluding hydrogens is 344 g/mol. The molecule has 3 rings (SSSR count). The average molecular weight is 355 g/mol. The molecule has 1 aliphatic rings. The van der Waals surface area contributed by atoms with Crippen LogP contribution in [0.1, 0.15) is 23.9 Å². The number of aryl methyl sites for hydroxylation is 2. The minimum absolute atomic E-state index is 0.0824. The quantitative estimate of drug-likeness (QED) is 0.636. The Morgan fingerprint density at radius 2 is 2.38 bits per heavy atom. The molecule has 2 N–H and O–H groups in total. The normalized spacial score (nSPS) is 17.0. The Kier molecular flexibility index (Phi) is 3.08. The summed E-state index contributed by atoms with van der Waals surface area (Å²) in [6, 6.07) is 1.39. The summed E-state index contributed by atoms with van der Waals surface area (Å²) in [6.07, 6.45) is -0.541. The van der Waals surface area contributed by atoms with E-state index in [0.717, 1.165) is 5.56 Å². The molecular formula is C12H11BrN4O4. The van der Waals surface area contributed by atoms with Crippen LogP contribution in [0.5, 0.6) is 0 Å². The molecule has 1 aromatic heterocycles. The number of fused-ring (bicyclic) bond motifs is 3. The zero-order valence-corrected chi connectivity index (χ0v) is 12.5. The lowest BCUT2D eigenvalue weighted by molar-refractivity contribution is -0.384. The summed E-state index contributed by atoms with van der Waals surface area (Å²) in [5.41, 5.74) is 1.60. The molecule has 1 atom stereocenters. The van der Waals surface area contributed by atoms with Gasteiger partial charge in [-0.25, -0.2) is 9.78 Å². The Morgan fingerprint density at radius 3 is 3.00 bits per heavy atom. The first kappa shape index (κ1) is 13.8. The van der Waals surface area contributed by atoms with E-state index in [4.69, 9.17) is 5.11 Å². The smallest absolute Gasteiger partial charge is 0.405 e. The number of benzene rings is 1. The summed E-state index contributed by atoms with van der Waals surface area (Å²) in [6.45, 7) is 2.35. The lowest BCUT2D eigenvalue weighted by Crippen LogP contribution is -2.25. The van der Waals surface area contributed by atoms with E-state index in [1.54, 1.807) is 6.92 Å². The van der Waals surface area contributed by atoms with Gasteiger partial charge in [0.2, 0.25) is 0 Å². The fraction of sp³-hybridized carbons (Fsp3) is 0.333. The standard InChI is InChI=1S/C12H11BrN4O4/c1-5-4-7-9(10(8(5)13)17(20)21)15-11-6(14-12(18)19)2-3-16(7)11/h4,6,14H,2-3H2,1H3,(H,18,19). The number of imidazole rings is 1. The molecule has 1 unspecified atom stereocenters. The van der Waals surface area contributed by atoms with E-state index in [9.17, 15) is 14.9 Å². The predicted molar refractivity (Wildman–Crippen MR) is 77.3 cm³/mol. The highest BCUT2D eigenvalue weighted by atomic mass is 79.9. The van der Waals surface area contributed by atoms with Gasteiger partial charge in [0.25, 0.3) is 0 Å². The minimum Gasteiger partial charge on any atom is -0.465 e. The molecule has 110 valence electrons. The van der Waals surface area contributed by atoms with Crippen molar-refractivity contribution in [3.05, 3.63) is 32.0 Å². The van der Waals surface area contributed by atoms with Crippen LogP contribution in [-0.2, 0) is 6.54 Å². The first-order valence-corrected chi connectivity index (χ1v) is 7.02. The third kappa shape index (κ3) is 2.04. The fourth-order valence-electron chi connectivity index (χ4n) is 2.70. The highest BCUT2D eigenvalue weighted by molar-refractivity contribution is 9.10. The molecule has 0 radical (unpaired) electrons. The van der Waals surface area contributed by atoms with Crippen molar-refractivity contribution in [1.29, 1.82) is 0 Å². The molecule has 0 fully saturated rings. The van der Waals surface area contributed by atoms with E-state index in [1.807, 2.05) is 10.6 Å². The van der Waals surface area contributed by atoms with E-state index < -0.39 is 17.1 Å². The maximum Gasteiger partial charge on any atom is 0.405 e. The zero-order chi connectivity index (χ0) is 15.3. The number of nitrogens with zero attached hydrogens (tertiary/aromatic N) is 3. The number of hydrogen-bond donors (Lipinski definition) is 2. The van der Waals surface area contributed by atoms with Crippen molar-refractivity contribution in [3.63, 3.8) is 0 Å². The van der Waals surface area contributed by atoms with Gasteiger partial charge < -0.3 is 15.0 Å². The number of nitro groups is 1. The minimum atomic E-state index is -1.13. The zero-order valence-electron chi connectivity index (χ0n) is 11.0. The van der Waals surface area contributed by atoms with Crippen molar-refractivity contribution < 1.29 is 14.8 Å². The number of aromatic nitrogens is 2. The second-order valence-electron chi connectivity index (χ2n) is 4.89. The van der Waals surface area contributed by atoms with Crippen LogP contribution in [0.15, 0.2) is 10.5 Å². The SMILES string of the molecule is Cc1cc2c(nc3n2CCC3NC(=O)O)c([N+](=O)[O-])c1Br. The van der Waals surface area contributed by atoms with E-state index in [-0.39, 0.29) is 11.2 Å². The van der Waals surface area contributed by atoms with Gasteiger partial charge in [-0.05, 0) is 40.9 Å². The summed E-state index contributed by atoms with van der Waals surface area (Å²) in [7, 11) is 0. The second kappa shape index (κ2) is 4.69. The van der Waals surface area contributed by atoms with Gasteiger partial charge in [0.1, 0.15) is 10.3 Å². The van der Waals surface area contributed by atoms with E-state index in [1.165, 1.54) is 0 Å². The van der Waals surface area contributed by atoms with Crippen LogP contribution in [0, 0.1) is 17.0 Å². The molecule has 0 saturated carbocycles. The van der Waals surface area contributed by atoms with Crippen LogP contribution in [0.2, 0.25) is 0 Å². The molecule has 0 aliphatic carbocycles. The number of hydrogen-bond acceptors (Lipinski definition) is 4. The van der Waals surface area contributed by atoms with Crippen molar-refractivity contribution in [2.75, 3.05) is 0 Å². The van der Waals surface area contributed by atoms with Crippen molar-refractivity contribution in [2.24, 2.45) is 0 Å². The summed E-state index contributed by atoms with van der Waals surface area (Å²) in [5.74, 6) is 0.521. The molecule has 2 heterocycles. The summed E-state index contributed by atoms with van der Waals surface area (Å²) < 4.78 is 2.24. The van der Waals surface area contributed by atoms with Crippen LogP contribution in [-0.4, -0.2) is 25.7 Å². The number of halogens is 1. The van der Waals surface area contributed by atoms with Crippen LogP contribution in [0.3, 0.4) is 0 Å². The van der Waals surface area contributed by atoms with E-state index in [0.29, 0.717) is 28.8 Å². The maximum absolute atomic E-state index is 11.3. The Hall–Kier alpha value is -2.16.